The number of fused-ring (bicyclic) bond motifs is 1. The highest BCUT2D eigenvalue weighted by molar-refractivity contribution is 7.91. The van der Waals surface area contributed by atoms with Crippen molar-refractivity contribution in [2.45, 2.75) is 128 Å². The molecule has 1 N–H and O–H groups in total. The zero-order valence-electron chi connectivity index (χ0n) is 25.2. The van der Waals surface area contributed by atoms with Crippen LogP contribution in [-0.2, 0) is 20.7 Å². The van der Waals surface area contributed by atoms with Crippen LogP contribution in [0.15, 0.2) is 35.2 Å². The molecule has 1 heterocycles. The molecule has 0 spiro atoms. The molecular weight excluding hydrogens is 506 g/mol. The standard InChI is InChI=1S/C32H49N3O3S/c1-8-11-14-18-31(4,5)24-21-26(32(6,7)19-15-12-9-2)30(36)29(22-24)35-33-27-17-16-25(23-28(27)34-35)39(37,38)20-13-10-3/h16-17,21-23,36H,8-15,18-20H2,1-7H3. The van der Waals surface area contributed by atoms with Gasteiger partial charge in [-0.15, -0.1) is 15.0 Å². The van der Waals surface area contributed by atoms with Gasteiger partial charge in [0, 0.05) is 5.56 Å². The highest BCUT2D eigenvalue weighted by Gasteiger charge is 2.30. The maximum absolute atomic E-state index is 12.8. The van der Waals surface area contributed by atoms with Crippen molar-refractivity contribution in [1.29, 1.82) is 0 Å². The van der Waals surface area contributed by atoms with Gasteiger partial charge in [0.1, 0.15) is 22.5 Å². The Morgan fingerprint density at radius 1 is 0.769 bits per heavy atom. The minimum Gasteiger partial charge on any atom is -0.505 e. The van der Waals surface area contributed by atoms with Gasteiger partial charge in [-0.1, -0.05) is 99.5 Å². The molecule has 0 radical (unpaired) electrons. The molecule has 0 amide bonds. The zero-order chi connectivity index (χ0) is 28.8. The third-order valence-corrected chi connectivity index (χ3v) is 9.90. The number of benzene rings is 2. The number of aromatic nitrogens is 3. The highest BCUT2D eigenvalue weighted by Crippen LogP contribution is 2.42. The molecule has 0 unspecified atom stereocenters. The zero-order valence-corrected chi connectivity index (χ0v) is 26.0. The quantitative estimate of drug-likeness (QED) is 0.190. The smallest absolute Gasteiger partial charge is 0.178 e. The van der Waals surface area contributed by atoms with Crippen molar-refractivity contribution in [1.82, 2.24) is 15.0 Å². The van der Waals surface area contributed by atoms with E-state index in [1.807, 2.05) is 13.0 Å². The average Bonchev–Trinajstić information content (AvgIpc) is 3.31. The van der Waals surface area contributed by atoms with E-state index in [-0.39, 0.29) is 27.2 Å². The van der Waals surface area contributed by atoms with E-state index in [9.17, 15) is 13.5 Å². The van der Waals surface area contributed by atoms with Crippen molar-refractivity contribution in [2.75, 3.05) is 5.75 Å². The molecule has 3 aromatic rings. The number of phenolic OH excluding ortho intramolecular Hbond substituents is 1. The molecule has 0 fully saturated rings. The molecule has 0 atom stereocenters. The number of nitrogens with zero attached hydrogens (tertiary/aromatic N) is 3. The molecule has 0 bridgehead atoms. The van der Waals surface area contributed by atoms with Crippen LogP contribution in [0.2, 0.25) is 0 Å². The molecule has 0 aliphatic rings. The third kappa shape index (κ3) is 7.41. The van der Waals surface area contributed by atoms with Crippen LogP contribution < -0.4 is 0 Å². The summed E-state index contributed by atoms with van der Waals surface area (Å²) in [6.07, 6.45) is 10.4. The first kappa shape index (κ1) is 31.1. The largest absolute Gasteiger partial charge is 0.505 e. The van der Waals surface area contributed by atoms with Crippen LogP contribution in [0.25, 0.3) is 16.7 Å². The lowest BCUT2D eigenvalue weighted by atomic mass is 9.74. The number of phenols is 1. The fourth-order valence-electron chi connectivity index (χ4n) is 5.24. The maximum atomic E-state index is 12.8. The van der Waals surface area contributed by atoms with Gasteiger partial charge >= 0.3 is 0 Å². The molecule has 0 aliphatic carbocycles. The van der Waals surface area contributed by atoms with Crippen molar-refractivity contribution in [3.05, 3.63) is 41.5 Å². The van der Waals surface area contributed by atoms with E-state index in [1.165, 1.54) is 17.6 Å². The van der Waals surface area contributed by atoms with Crippen LogP contribution in [0.4, 0.5) is 0 Å². The summed E-state index contributed by atoms with van der Waals surface area (Å²) < 4.78 is 25.6. The minimum absolute atomic E-state index is 0.0844. The normalized spacial score (nSPS) is 12.9. The van der Waals surface area contributed by atoms with Gasteiger partial charge in [-0.05, 0) is 59.9 Å². The summed E-state index contributed by atoms with van der Waals surface area (Å²) in [5.74, 6) is 0.316. The molecule has 39 heavy (non-hydrogen) atoms. The van der Waals surface area contributed by atoms with E-state index in [0.717, 1.165) is 56.1 Å². The van der Waals surface area contributed by atoms with Gasteiger partial charge in [-0.25, -0.2) is 8.42 Å². The SMILES string of the molecule is CCCCCC(C)(C)c1cc(-n2nc3ccc(S(=O)(=O)CCCC)cc3n2)c(O)c(C(C)(C)CCCCC)c1. The Bertz CT molecular complexity index is 1360. The molecular formula is C32H49N3O3S. The van der Waals surface area contributed by atoms with E-state index < -0.39 is 9.84 Å². The molecule has 216 valence electrons. The molecule has 0 saturated carbocycles. The summed E-state index contributed by atoms with van der Waals surface area (Å²) in [6, 6.07) is 9.14. The van der Waals surface area contributed by atoms with Crippen LogP contribution in [0.5, 0.6) is 5.75 Å². The number of sulfone groups is 1. The summed E-state index contributed by atoms with van der Waals surface area (Å²) in [7, 11) is -3.38. The molecule has 6 nitrogen and oxygen atoms in total. The third-order valence-electron chi connectivity index (χ3n) is 8.10. The second-order valence-electron chi connectivity index (χ2n) is 12.4. The fraction of sp³-hybridized carbons (Fsp3) is 0.625. The van der Waals surface area contributed by atoms with Gasteiger partial charge in [0.15, 0.2) is 9.84 Å². The monoisotopic (exact) mass is 555 g/mol. The Balaban J connectivity index is 2.14. The summed E-state index contributed by atoms with van der Waals surface area (Å²) >= 11 is 0. The summed E-state index contributed by atoms with van der Waals surface area (Å²) in [6.45, 7) is 15.4. The van der Waals surface area contributed by atoms with Crippen molar-refractivity contribution >= 4 is 20.9 Å². The van der Waals surface area contributed by atoms with E-state index in [0.29, 0.717) is 23.1 Å². The number of unbranched alkanes of at least 4 members (excludes halogenated alkanes) is 5. The van der Waals surface area contributed by atoms with E-state index in [4.69, 9.17) is 0 Å². The van der Waals surface area contributed by atoms with Crippen molar-refractivity contribution < 1.29 is 13.5 Å². The van der Waals surface area contributed by atoms with Gasteiger partial charge in [0.2, 0.25) is 0 Å². The molecule has 3 rings (SSSR count). The number of hydrogen-bond donors (Lipinski definition) is 1. The molecule has 0 saturated heterocycles. The maximum Gasteiger partial charge on any atom is 0.178 e. The topological polar surface area (TPSA) is 85.1 Å². The van der Waals surface area contributed by atoms with Crippen LogP contribution in [-0.4, -0.2) is 34.3 Å². The Labute approximate surface area is 236 Å². The fourth-order valence-corrected chi connectivity index (χ4v) is 6.71. The number of hydrogen-bond acceptors (Lipinski definition) is 5. The van der Waals surface area contributed by atoms with Crippen LogP contribution in [0.1, 0.15) is 124 Å². The average molecular weight is 556 g/mol. The van der Waals surface area contributed by atoms with Gasteiger partial charge in [0.25, 0.3) is 0 Å². The summed E-state index contributed by atoms with van der Waals surface area (Å²) in [4.78, 5) is 1.75. The van der Waals surface area contributed by atoms with Gasteiger partial charge in [-0.2, -0.15) is 0 Å². The Morgan fingerprint density at radius 3 is 1.97 bits per heavy atom. The van der Waals surface area contributed by atoms with Crippen LogP contribution in [0.3, 0.4) is 0 Å². The molecule has 7 heteroatoms. The van der Waals surface area contributed by atoms with E-state index >= 15 is 0 Å². The first-order valence-electron chi connectivity index (χ1n) is 14.8. The van der Waals surface area contributed by atoms with Gasteiger partial charge in [0.05, 0.1) is 10.6 Å². The lowest BCUT2D eigenvalue weighted by Crippen LogP contribution is -2.23. The molecule has 1 aromatic heterocycles. The lowest BCUT2D eigenvalue weighted by Gasteiger charge is -2.32. The highest BCUT2D eigenvalue weighted by atomic mass is 32.2. The number of rotatable bonds is 15. The minimum atomic E-state index is -3.38. The Hall–Kier alpha value is -2.41. The van der Waals surface area contributed by atoms with Crippen molar-refractivity contribution in [3.8, 4) is 11.4 Å². The second-order valence-corrected chi connectivity index (χ2v) is 14.5. The number of aromatic hydroxyl groups is 1. The first-order valence-corrected chi connectivity index (χ1v) is 16.5. The van der Waals surface area contributed by atoms with Crippen molar-refractivity contribution in [3.63, 3.8) is 0 Å². The molecule has 0 aliphatic heterocycles. The predicted octanol–water partition coefficient (Wildman–Crippen LogP) is 8.42. The van der Waals surface area contributed by atoms with E-state index in [2.05, 4.69) is 57.8 Å². The summed E-state index contributed by atoms with van der Waals surface area (Å²) in [5.41, 5.74) is 3.41. The van der Waals surface area contributed by atoms with Gasteiger partial charge in [-0.3, -0.25) is 0 Å². The van der Waals surface area contributed by atoms with E-state index in [1.54, 1.807) is 18.2 Å². The van der Waals surface area contributed by atoms with Crippen molar-refractivity contribution in [2.24, 2.45) is 0 Å². The summed E-state index contributed by atoms with van der Waals surface area (Å²) in [5, 5.41) is 21.0. The Morgan fingerprint density at radius 2 is 1.36 bits per heavy atom. The molecule has 2 aromatic carbocycles. The Kier molecular flexibility index (Phi) is 10.2. The van der Waals surface area contributed by atoms with Crippen LogP contribution >= 0.6 is 0 Å². The predicted molar refractivity (Wildman–Crippen MR) is 162 cm³/mol. The second kappa shape index (κ2) is 12.8. The van der Waals surface area contributed by atoms with Gasteiger partial charge < -0.3 is 5.11 Å². The first-order chi connectivity index (χ1) is 18.4. The van der Waals surface area contributed by atoms with Crippen LogP contribution in [0, 0.1) is 0 Å². The lowest BCUT2D eigenvalue weighted by molar-refractivity contribution is 0.399.